The number of unbranched alkanes of at least 4 members (excludes halogenated alkanes) is 1. The molecular formula is C14H22BCl2N5O3. The Hall–Kier alpha value is -1.23. The molecule has 138 valence electrons. The molecule has 4 N–H and O–H groups in total. The van der Waals surface area contributed by atoms with Crippen LogP contribution in [0.5, 0.6) is 0 Å². The Balaban J connectivity index is 0.00000312. The lowest BCUT2D eigenvalue weighted by Gasteiger charge is -2.17. The van der Waals surface area contributed by atoms with Crippen LogP contribution >= 0.6 is 24.0 Å². The Morgan fingerprint density at radius 3 is 2.60 bits per heavy atom. The highest BCUT2D eigenvalue weighted by molar-refractivity contribution is 6.32. The van der Waals surface area contributed by atoms with Crippen LogP contribution in [-0.2, 0) is 4.65 Å². The number of hydrogen-bond donors (Lipinski definition) is 3. The van der Waals surface area contributed by atoms with Crippen molar-refractivity contribution in [3.8, 4) is 0 Å². The number of hydrogen-bond acceptors (Lipinski definition) is 7. The molecule has 0 saturated carbocycles. The van der Waals surface area contributed by atoms with Crippen molar-refractivity contribution >= 4 is 31.3 Å². The lowest BCUT2D eigenvalue weighted by atomic mass is 10.1. The molecule has 0 spiro atoms. The maximum Gasteiger partial charge on any atom is 0.633 e. The van der Waals surface area contributed by atoms with Crippen LogP contribution in [0.15, 0.2) is 24.3 Å². The highest BCUT2D eigenvalue weighted by Gasteiger charge is 2.20. The van der Waals surface area contributed by atoms with E-state index in [-0.39, 0.29) is 31.1 Å². The first-order chi connectivity index (χ1) is 11.5. The summed E-state index contributed by atoms with van der Waals surface area (Å²) in [4.78, 5) is 0. The Morgan fingerprint density at radius 1 is 1.28 bits per heavy atom. The van der Waals surface area contributed by atoms with Gasteiger partial charge in [0.05, 0.1) is 12.1 Å². The van der Waals surface area contributed by atoms with Gasteiger partial charge in [0.2, 0.25) is 0 Å². The third-order valence-corrected chi connectivity index (χ3v) is 4.00. The molecular weight excluding hydrogens is 368 g/mol. The first-order valence-electron chi connectivity index (χ1n) is 7.75. The number of nitrogens with zero attached hydrogens (tertiary/aromatic N) is 4. The first kappa shape index (κ1) is 21.8. The van der Waals surface area contributed by atoms with E-state index in [4.69, 9.17) is 27.4 Å². The van der Waals surface area contributed by atoms with Gasteiger partial charge >= 0.3 is 7.32 Å². The van der Waals surface area contributed by atoms with E-state index in [0.29, 0.717) is 23.7 Å². The molecule has 0 bridgehead atoms. The summed E-state index contributed by atoms with van der Waals surface area (Å²) in [5, 5.41) is 29.7. The molecule has 0 radical (unpaired) electrons. The first-order valence-corrected chi connectivity index (χ1v) is 8.13. The number of aromatic nitrogens is 4. The van der Waals surface area contributed by atoms with Crippen molar-refractivity contribution in [2.24, 2.45) is 5.73 Å². The zero-order valence-electron chi connectivity index (χ0n) is 13.8. The zero-order chi connectivity index (χ0) is 17.5. The minimum Gasteiger partial charge on any atom is -0.402 e. The summed E-state index contributed by atoms with van der Waals surface area (Å²) in [6.07, 6.45) is 2.09. The average molecular weight is 390 g/mol. The van der Waals surface area contributed by atoms with E-state index in [1.807, 2.05) is 31.2 Å². The summed E-state index contributed by atoms with van der Waals surface area (Å²) in [5.41, 5.74) is 7.23. The molecule has 1 heterocycles. The van der Waals surface area contributed by atoms with Crippen LogP contribution in [0, 0.1) is 0 Å². The summed E-state index contributed by atoms with van der Waals surface area (Å²) in [6, 6.07) is 7.14. The lowest BCUT2D eigenvalue weighted by molar-refractivity contribution is 0.181. The second-order valence-electron chi connectivity index (χ2n) is 5.51. The molecule has 0 amide bonds. The lowest BCUT2D eigenvalue weighted by Crippen LogP contribution is -2.21. The topological polar surface area (TPSA) is 119 Å². The van der Waals surface area contributed by atoms with Gasteiger partial charge in [0.15, 0.2) is 5.82 Å². The van der Waals surface area contributed by atoms with Gasteiger partial charge in [-0.1, -0.05) is 23.7 Å². The second-order valence-corrected chi connectivity index (χ2v) is 5.94. The number of benzene rings is 1. The number of tetrazole rings is 1. The average Bonchev–Trinajstić information content (AvgIpc) is 3.03. The number of nitrogens with two attached hydrogens (primary N) is 1. The summed E-state index contributed by atoms with van der Waals surface area (Å²) in [7, 11) is -1.73. The van der Waals surface area contributed by atoms with Gasteiger partial charge < -0.3 is 20.4 Å². The van der Waals surface area contributed by atoms with Crippen LogP contribution in [0.25, 0.3) is 0 Å². The Bertz CT molecular complexity index is 629. The maximum atomic E-state index is 8.60. The molecule has 0 aliphatic carbocycles. The van der Waals surface area contributed by atoms with Gasteiger partial charge in [-0.3, -0.25) is 0 Å². The van der Waals surface area contributed by atoms with Crippen molar-refractivity contribution in [3.63, 3.8) is 0 Å². The van der Waals surface area contributed by atoms with Gasteiger partial charge in [-0.05, 0) is 54.3 Å². The maximum absolute atomic E-state index is 8.60. The van der Waals surface area contributed by atoms with E-state index in [1.165, 1.54) is 0 Å². The fraction of sp³-hybridized carbons (Fsp3) is 0.500. The molecule has 1 unspecified atom stereocenters. The van der Waals surface area contributed by atoms with Crippen LogP contribution in [0.2, 0.25) is 5.02 Å². The molecule has 2 aromatic rings. The number of rotatable bonds is 9. The number of halogens is 2. The van der Waals surface area contributed by atoms with Crippen molar-refractivity contribution in [1.82, 2.24) is 20.2 Å². The molecule has 2 atom stereocenters. The highest BCUT2D eigenvalue weighted by Crippen LogP contribution is 2.23. The minimum absolute atomic E-state index is 0. The van der Waals surface area contributed by atoms with Crippen LogP contribution in [0.3, 0.4) is 0 Å². The molecule has 1 aromatic carbocycles. The molecule has 11 heteroatoms. The van der Waals surface area contributed by atoms with Crippen molar-refractivity contribution in [3.05, 3.63) is 40.7 Å². The third kappa shape index (κ3) is 6.54. The zero-order valence-corrected chi connectivity index (χ0v) is 15.4. The van der Waals surface area contributed by atoms with Crippen molar-refractivity contribution in [2.75, 3.05) is 6.61 Å². The van der Waals surface area contributed by atoms with Crippen LogP contribution in [0.4, 0.5) is 0 Å². The van der Waals surface area contributed by atoms with Gasteiger partial charge in [-0.15, -0.1) is 17.5 Å². The third-order valence-electron chi connectivity index (χ3n) is 3.75. The summed E-state index contributed by atoms with van der Waals surface area (Å²) in [5.74, 6) is 0.612. The van der Waals surface area contributed by atoms with E-state index >= 15 is 0 Å². The van der Waals surface area contributed by atoms with E-state index in [0.717, 1.165) is 12.0 Å². The predicted octanol–water partition coefficient (Wildman–Crippen LogP) is 1.51. The minimum atomic E-state index is -1.73. The smallest absolute Gasteiger partial charge is 0.402 e. The van der Waals surface area contributed by atoms with E-state index in [2.05, 4.69) is 20.2 Å². The summed E-state index contributed by atoms with van der Waals surface area (Å²) >= 11 is 5.92. The van der Waals surface area contributed by atoms with E-state index < -0.39 is 7.32 Å². The Morgan fingerprint density at radius 2 is 1.96 bits per heavy atom. The molecule has 2 rings (SSSR count). The van der Waals surface area contributed by atoms with Gasteiger partial charge in [0, 0.05) is 11.6 Å². The standard InChI is InChI=1S/C14H21BClN5O3.ClH/c1-10(11-5-7-12(16)8-6-11)21-14(18-19-20-21)13(17)4-2-3-9-24-15(22)23;/h5-8,10,13,22-23H,2-4,9,17H2,1H3;1H/t10-,13?;/m1./s1. The molecule has 0 fully saturated rings. The van der Waals surface area contributed by atoms with Crippen molar-refractivity contribution < 1.29 is 14.7 Å². The van der Waals surface area contributed by atoms with Gasteiger partial charge in [-0.2, -0.15) is 0 Å². The fourth-order valence-corrected chi connectivity index (χ4v) is 2.51. The summed E-state index contributed by atoms with van der Waals surface area (Å²) < 4.78 is 6.37. The van der Waals surface area contributed by atoms with Gasteiger partial charge in [-0.25, -0.2) is 4.68 Å². The van der Waals surface area contributed by atoms with Crippen molar-refractivity contribution in [1.29, 1.82) is 0 Å². The SMILES string of the molecule is C[C@H](c1ccc(Cl)cc1)n1nnnc1C(N)CCCCOB(O)O.Cl. The molecule has 0 saturated heterocycles. The van der Waals surface area contributed by atoms with Crippen LogP contribution in [-0.4, -0.2) is 44.2 Å². The monoisotopic (exact) mass is 389 g/mol. The van der Waals surface area contributed by atoms with E-state index in [9.17, 15) is 0 Å². The van der Waals surface area contributed by atoms with Crippen LogP contribution < -0.4 is 5.73 Å². The Kier molecular flexibility index (Phi) is 9.33. The quantitative estimate of drug-likeness (QED) is 0.439. The van der Waals surface area contributed by atoms with Gasteiger partial charge in [0.25, 0.3) is 0 Å². The fourth-order valence-electron chi connectivity index (χ4n) is 2.39. The Labute approximate surface area is 157 Å². The van der Waals surface area contributed by atoms with Crippen LogP contribution in [0.1, 0.15) is 49.7 Å². The second kappa shape index (κ2) is 10.7. The normalized spacial score (nSPS) is 13.2. The largest absolute Gasteiger partial charge is 0.633 e. The van der Waals surface area contributed by atoms with E-state index in [1.54, 1.807) is 4.68 Å². The molecule has 25 heavy (non-hydrogen) atoms. The molecule has 0 aliphatic rings. The molecule has 0 aliphatic heterocycles. The predicted molar refractivity (Wildman–Crippen MR) is 97.3 cm³/mol. The summed E-state index contributed by atoms with van der Waals surface area (Å²) in [6.45, 7) is 2.25. The molecule has 8 nitrogen and oxygen atoms in total. The van der Waals surface area contributed by atoms with Gasteiger partial charge in [0.1, 0.15) is 0 Å². The highest BCUT2D eigenvalue weighted by atomic mass is 35.5. The van der Waals surface area contributed by atoms with Crippen molar-refractivity contribution in [2.45, 2.75) is 38.3 Å². The molecule has 1 aromatic heterocycles.